The maximum atomic E-state index is 12.9. The largest absolute Gasteiger partial charge is 0.336 e. The molecule has 11 heteroatoms. The lowest BCUT2D eigenvalue weighted by Crippen LogP contribution is -2.41. The Kier molecular flexibility index (Phi) is 7.70. The van der Waals surface area contributed by atoms with Crippen LogP contribution in [0.15, 0.2) is 47.5 Å². The first-order valence-electron chi connectivity index (χ1n) is 10.3. The topological polar surface area (TPSA) is 120 Å². The summed E-state index contributed by atoms with van der Waals surface area (Å²) in [6, 6.07) is 9.46. The summed E-state index contributed by atoms with van der Waals surface area (Å²) in [5.74, 6) is -0.580. The molecule has 0 radical (unpaired) electrons. The summed E-state index contributed by atoms with van der Waals surface area (Å²) in [5, 5.41) is 8.24. The molecular weight excluding hydrogens is 454 g/mol. The Balaban J connectivity index is 1.62. The lowest BCUT2D eigenvalue weighted by molar-refractivity contribution is -0.120. The molecule has 0 spiro atoms. The first-order valence-corrected chi connectivity index (χ1v) is 12.1. The van der Waals surface area contributed by atoms with E-state index in [1.165, 1.54) is 22.6 Å². The van der Waals surface area contributed by atoms with Gasteiger partial charge in [-0.15, -0.1) is 0 Å². The van der Waals surface area contributed by atoms with Gasteiger partial charge in [0.1, 0.15) is 10.0 Å². The van der Waals surface area contributed by atoms with E-state index in [0.29, 0.717) is 24.2 Å². The second-order valence-electron chi connectivity index (χ2n) is 7.76. The highest BCUT2D eigenvalue weighted by molar-refractivity contribution is 7.89. The second-order valence-corrected chi connectivity index (χ2v) is 10.0. The number of sulfonamides is 1. The quantitative estimate of drug-likeness (QED) is 0.549. The minimum absolute atomic E-state index is 0.0280. The van der Waals surface area contributed by atoms with Gasteiger partial charge in [-0.1, -0.05) is 23.7 Å². The third-order valence-corrected chi connectivity index (χ3v) is 7.36. The van der Waals surface area contributed by atoms with Gasteiger partial charge in [0.25, 0.3) is 0 Å². The first kappa shape index (κ1) is 24.0. The highest BCUT2D eigenvalue weighted by Gasteiger charge is 2.33. The summed E-state index contributed by atoms with van der Waals surface area (Å²) in [7, 11) is -3.78. The van der Waals surface area contributed by atoms with Crippen molar-refractivity contribution in [2.24, 2.45) is 5.92 Å². The van der Waals surface area contributed by atoms with Crippen molar-refractivity contribution in [1.82, 2.24) is 14.6 Å². The Labute approximate surface area is 192 Å². The maximum Gasteiger partial charge on any atom is 0.319 e. The SMILES string of the molecule is CC(C)NC(=O)Nc1ccccc1NC(=O)C1CCN(S(=O)(=O)c2cccnc2Cl)CC1. The van der Waals surface area contributed by atoms with E-state index in [4.69, 9.17) is 11.6 Å². The molecular formula is C21H26ClN5O4S. The molecule has 0 unspecified atom stereocenters. The van der Waals surface area contributed by atoms with Crippen molar-refractivity contribution < 1.29 is 18.0 Å². The fraction of sp³-hybridized carbons (Fsp3) is 0.381. The lowest BCUT2D eigenvalue weighted by Gasteiger charge is -2.30. The highest BCUT2D eigenvalue weighted by Crippen LogP contribution is 2.28. The number of aromatic nitrogens is 1. The van der Waals surface area contributed by atoms with Crippen molar-refractivity contribution >= 4 is 44.9 Å². The molecule has 1 fully saturated rings. The molecule has 172 valence electrons. The van der Waals surface area contributed by atoms with E-state index in [2.05, 4.69) is 20.9 Å². The zero-order valence-electron chi connectivity index (χ0n) is 17.8. The number of anilines is 2. The molecule has 0 bridgehead atoms. The van der Waals surface area contributed by atoms with Crippen molar-refractivity contribution in [3.63, 3.8) is 0 Å². The Bertz CT molecular complexity index is 1090. The number of benzene rings is 1. The molecule has 1 saturated heterocycles. The molecule has 2 aromatic rings. The molecule has 3 rings (SSSR count). The fourth-order valence-electron chi connectivity index (χ4n) is 3.42. The van der Waals surface area contributed by atoms with Crippen molar-refractivity contribution in [3.05, 3.63) is 47.7 Å². The van der Waals surface area contributed by atoms with Crippen LogP contribution in [0.1, 0.15) is 26.7 Å². The van der Waals surface area contributed by atoms with E-state index < -0.39 is 10.0 Å². The maximum absolute atomic E-state index is 12.9. The number of nitrogens with zero attached hydrogens (tertiary/aromatic N) is 2. The summed E-state index contributed by atoms with van der Waals surface area (Å²) < 4.78 is 27.0. The van der Waals surface area contributed by atoms with Crippen LogP contribution in [0.5, 0.6) is 0 Å². The third kappa shape index (κ3) is 5.76. The summed E-state index contributed by atoms with van der Waals surface area (Å²) in [6.45, 7) is 4.09. The van der Waals surface area contributed by atoms with E-state index >= 15 is 0 Å². The standard InChI is InChI=1S/C21H26ClN5O4S/c1-14(2)24-21(29)26-17-7-4-3-6-16(17)25-20(28)15-9-12-27(13-10-15)32(30,31)18-8-5-11-23-19(18)22/h3-8,11,14-15H,9-10,12-13H2,1-2H3,(H,25,28)(H2,24,26,29). The number of nitrogens with one attached hydrogen (secondary N) is 3. The van der Waals surface area contributed by atoms with Crippen LogP contribution >= 0.6 is 11.6 Å². The second kappa shape index (κ2) is 10.3. The summed E-state index contributed by atoms with van der Waals surface area (Å²) in [5.41, 5.74) is 0.957. The number of halogens is 1. The molecule has 0 saturated carbocycles. The van der Waals surface area contributed by atoms with Crippen LogP contribution < -0.4 is 16.0 Å². The molecule has 3 N–H and O–H groups in total. The number of piperidine rings is 1. The van der Waals surface area contributed by atoms with Gasteiger partial charge in [0.2, 0.25) is 15.9 Å². The Morgan fingerprint density at radius 2 is 1.69 bits per heavy atom. The van der Waals surface area contributed by atoms with Gasteiger partial charge in [-0.05, 0) is 51.0 Å². The van der Waals surface area contributed by atoms with E-state index in [1.807, 2.05) is 13.8 Å². The average Bonchev–Trinajstić information content (AvgIpc) is 2.75. The van der Waals surface area contributed by atoms with Gasteiger partial charge in [0, 0.05) is 31.2 Å². The van der Waals surface area contributed by atoms with Gasteiger partial charge in [-0.3, -0.25) is 4.79 Å². The zero-order valence-corrected chi connectivity index (χ0v) is 19.4. The number of hydrogen-bond acceptors (Lipinski definition) is 5. The number of urea groups is 1. The summed E-state index contributed by atoms with van der Waals surface area (Å²) in [6.07, 6.45) is 2.16. The molecule has 2 heterocycles. The minimum Gasteiger partial charge on any atom is -0.336 e. The molecule has 1 aromatic heterocycles. The molecule has 1 aromatic carbocycles. The predicted octanol–water partition coefficient (Wildman–Crippen LogP) is 3.30. The molecule has 1 aliphatic heterocycles. The Morgan fingerprint density at radius 3 is 2.28 bits per heavy atom. The Hall–Kier alpha value is -2.69. The normalized spacial score (nSPS) is 15.4. The number of para-hydroxylation sites is 2. The highest BCUT2D eigenvalue weighted by atomic mass is 35.5. The van der Waals surface area contributed by atoms with Gasteiger partial charge in [0.05, 0.1) is 11.4 Å². The smallest absolute Gasteiger partial charge is 0.319 e. The van der Waals surface area contributed by atoms with Crippen molar-refractivity contribution in [1.29, 1.82) is 0 Å². The van der Waals surface area contributed by atoms with Crippen LogP contribution in [-0.2, 0) is 14.8 Å². The van der Waals surface area contributed by atoms with Crippen LogP contribution in [-0.4, -0.2) is 48.8 Å². The van der Waals surface area contributed by atoms with Gasteiger partial charge in [0.15, 0.2) is 0 Å². The van der Waals surface area contributed by atoms with E-state index in [0.717, 1.165) is 0 Å². The number of carbonyl (C=O) groups is 2. The van der Waals surface area contributed by atoms with Crippen LogP contribution in [0.4, 0.5) is 16.2 Å². The number of amides is 3. The average molecular weight is 480 g/mol. The predicted molar refractivity (Wildman–Crippen MR) is 123 cm³/mol. The first-order chi connectivity index (χ1) is 15.2. The van der Waals surface area contributed by atoms with Crippen LogP contribution in [0, 0.1) is 5.92 Å². The van der Waals surface area contributed by atoms with Gasteiger partial charge < -0.3 is 16.0 Å². The van der Waals surface area contributed by atoms with E-state index in [-0.39, 0.29) is 47.0 Å². The van der Waals surface area contributed by atoms with Crippen LogP contribution in [0.25, 0.3) is 0 Å². The molecule has 32 heavy (non-hydrogen) atoms. The molecule has 0 atom stereocenters. The van der Waals surface area contributed by atoms with Gasteiger partial charge in [-0.25, -0.2) is 18.2 Å². The summed E-state index contributed by atoms with van der Waals surface area (Å²) in [4.78, 5) is 28.6. The number of rotatable bonds is 6. The van der Waals surface area contributed by atoms with E-state index in [1.54, 1.807) is 24.3 Å². The van der Waals surface area contributed by atoms with Crippen molar-refractivity contribution in [2.45, 2.75) is 37.6 Å². The lowest BCUT2D eigenvalue weighted by atomic mass is 9.97. The number of carbonyl (C=O) groups excluding carboxylic acids is 2. The minimum atomic E-state index is -3.78. The molecule has 3 amide bonds. The van der Waals surface area contributed by atoms with Gasteiger partial charge >= 0.3 is 6.03 Å². The number of pyridine rings is 1. The van der Waals surface area contributed by atoms with E-state index in [9.17, 15) is 18.0 Å². The molecule has 1 aliphatic rings. The zero-order chi connectivity index (χ0) is 23.3. The summed E-state index contributed by atoms with van der Waals surface area (Å²) >= 11 is 5.96. The Morgan fingerprint density at radius 1 is 1.06 bits per heavy atom. The molecule has 9 nitrogen and oxygen atoms in total. The van der Waals surface area contributed by atoms with Gasteiger partial charge in [-0.2, -0.15) is 4.31 Å². The van der Waals surface area contributed by atoms with Crippen molar-refractivity contribution in [3.8, 4) is 0 Å². The fourth-order valence-corrected chi connectivity index (χ4v) is 5.32. The molecule has 0 aliphatic carbocycles. The van der Waals surface area contributed by atoms with Crippen LogP contribution in [0.2, 0.25) is 5.15 Å². The monoisotopic (exact) mass is 479 g/mol. The number of hydrogen-bond donors (Lipinski definition) is 3. The van der Waals surface area contributed by atoms with Crippen molar-refractivity contribution in [2.75, 3.05) is 23.7 Å². The third-order valence-electron chi connectivity index (χ3n) is 5.02. The van der Waals surface area contributed by atoms with Crippen LogP contribution in [0.3, 0.4) is 0 Å².